The molecule has 0 spiro atoms. The molecule has 0 aliphatic carbocycles. The fourth-order valence-electron chi connectivity index (χ4n) is 3.38. The Bertz CT molecular complexity index is 1060. The Morgan fingerprint density at radius 1 is 0.800 bits per heavy atom. The molecule has 2 atom stereocenters. The predicted molar refractivity (Wildman–Crippen MR) is 157 cm³/mol. The van der Waals surface area contributed by atoms with Crippen molar-refractivity contribution in [1.82, 2.24) is 16.0 Å². The van der Waals surface area contributed by atoms with E-state index in [9.17, 15) is 14.4 Å². The van der Waals surface area contributed by atoms with Gasteiger partial charge in [0.15, 0.2) is 8.32 Å². The summed E-state index contributed by atoms with van der Waals surface area (Å²) in [6.45, 7) is 11.4. The van der Waals surface area contributed by atoms with E-state index >= 15 is 0 Å². The van der Waals surface area contributed by atoms with Gasteiger partial charge < -0.3 is 35.6 Å². The molecule has 2 aromatic carbocycles. The molecule has 10 nitrogen and oxygen atoms in total. The molecule has 0 heterocycles. The molecule has 0 unspecified atom stereocenters. The van der Waals surface area contributed by atoms with Crippen LogP contribution >= 0.6 is 0 Å². The fraction of sp³-hybridized carbons (Fsp3) is 0.483. The number of alkyl carbamates (subject to hydrolysis) is 2. The molecule has 3 amide bonds. The van der Waals surface area contributed by atoms with E-state index in [2.05, 4.69) is 49.8 Å². The van der Waals surface area contributed by atoms with E-state index in [4.69, 9.17) is 19.6 Å². The molecule has 5 N–H and O–H groups in total. The third-order valence-electron chi connectivity index (χ3n) is 6.71. The first-order valence-corrected chi connectivity index (χ1v) is 16.4. The van der Waals surface area contributed by atoms with Gasteiger partial charge in [-0.25, -0.2) is 9.59 Å². The Morgan fingerprint density at radius 2 is 1.27 bits per heavy atom. The highest BCUT2D eigenvalue weighted by Crippen LogP contribution is 2.37. The predicted octanol–water partition coefficient (Wildman–Crippen LogP) is 4.06. The van der Waals surface area contributed by atoms with Gasteiger partial charge in [-0.15, -0.1) is 0 Å². The van der Waals surface area contributed by atoms with Crippen LogP contribution in [0.3, 0.4) is 0 Å². The number of nitrogens with two attached hydrogens (primary N) is 1. The lowest BCUT2D eigenvalue weighted by atomic mass is 10.1. The van der Waals surface area contributed by atoms with Crippen molar-refractivity contribution in [2.24, 2.45) is 5.73 Å². The SMILES string of the molecule is CC(C)(C)[Si](C)(C)O[C@@H](CNC(=O)OCc1ccccc1)C[C@H](N)C(=O)NCCNC(=O)OCc1ccccc1. The minimum atomic E-state index is -2.23. The van der Waals surface area contributed by atoms with Crippen LogP contribution in [0, 0.1) is 0 Å². The topological polar surface area (TPSA) is 141 Å². The van der Waals surface area contributed by atoms with Crippen LogP contribution in [0.15, 0.2) is 60.7 Å². The first-order chi connectivity index (χ1) is 18.9. The number of carbonyl (C=O) groups is 3. The zero-order valence-electron chi connectivity index (χ0n) is 24.2. The van der Waals surface area contributed by atoms with Crippen LogP contribution in [0.1, 0.15) is 38.3 Å². The third-order valence-corrected chi connectivity index (χ3v) is 11.2. The highest BCUT2D eigenvalue weighted by molar-refractivity contribution is 6.74. The Kier molecular flexibility index (Phi) is 13.1. The van der Waals surface area contributed by atoms with E-state index in [0.29, 0.717) is 0 Å². The summed E-state index contributed by atoms with van der Waals surface area (Å²) >= 11 is 0. The largest absolute Gasteiger partial charge is 0.445 e. The summed E-state index contributed by atoms with van der Waals surface area (Å²) in [6, 6.07) is 17.9. The van der Waals surface area contributed by atoms with Crippen molar-refractivity contribution in [2.45, 2.75) is 70.7 Å². The second-order valence-corrected chi connectivity index (χ2v) is 15.8. The van der Waals surface area contributed by atoms with Crippen molar-refractivity contribution >= 4 is 26.4 Å². The maximum absolute atomic E-state index is 12.7. The van der Waals surface area contributed by atoms with Crippen LogP contribution in [-0.2, 0) is 31.9 Å². The summed E-state index contributed by atoms with van der Waals surface area (Å²) in [5.74, 6) is -0.380. The zero-order chi connectivity index (χ0) is 29.6. The quantitative estimate of drug-likeness (QED) is 0.198. The van der Waals surface area contributed by atoms with Crippen molar-refractivity contribution in [1.29, 1.82) is 0 Å². The second kappa shape index (κ2) is 16.0. The van der Waals surface area contributed by atoms with E-state index < -0.39 is 32.6 Å². The number of rotatable bonds is 14. The van der Waals surface area contributed by atoms with Gasteiger partial charge in [0.05, 0.1) is 12.1 Å². The van der Waals surface area contributed by atoms with Crippen molar-refractivity contribution < 1.29 is 28.3 Å². The molecule has 0 fully saturated rings. The van der Waals surface area contributed by atoms with Crippen LogP contribution in [0.2, 0.25) is 18.1 Å². The smallest absolute Gasteiger partial charge is 0.407 e. The van der Waals surface area contributed by atoms with E-state index in [-0.39, 0.29) is 50.2 Å². The molecule has 2 aromatic rings. The summed E-state index contributed by atoms with van der Waals surface area (Å²) < 4.78 is 17.0. The number of hydrogen-bond donors (Lipinski definition) is 4. The minimum absolute atomic E-state index is 0.0772. The van der Waals surface area contributed by atoms with Gasteiger partial charge in [0.1, 0.15) is 13.2 Å². The molecular formula is C29H44N4O6Si. The van der Waals surface area contributed by atoms with Crippen molar-refractivity contribution in [3.05, 3.63) is 71.8 Å². The van der Waals surface area contributed by atoms with E-state index in [1.807, 2.05) is 60.7 Å². The van der Waals surface area contributed by atoms with E-state index in [1.165, 1.54) is 0 Å². The first-order valence-electron chi connectivity index (χ1n) is 13.5. The maximum Gasteiger partial charge on any atom is 0.407 e. The Labute approximate surface area is 238 Å². The molecule has 11 heteroatoms. The summed E-state index contributed by atoms with van der Waals surface area (Å²) in [6.07, 6.45) is -1.44. The van der Waals surface area contributed by atoms with Gasteiger partial charge in [-0.1, -0.05) is 81.4 Å². The average Bonchev–Trinajstić information content (AvgIpc) is 2.92. The number of hydrogen-bond acceptors (Lipinski definition) is 7. The molecular weight excluding hydrogens is 528 g/mol. The highest BCUT2D eigenvalue weighted by atomic mass is 28.4. The molecule has 40 heavy (non-hydrogen) atoms. The van der Waals surface area contributed by atoms with Crippen LogP contribution in [0.4, 0.5) is 9.59 Å². The molecule has 0 aliphatic heterocycles. The van der Waals surface area contributed by atoms with Crippen molar-refractivity contribution in [2.75, 3.05) is 19.6 Å². The van der Waals surface area contributed by atoms with Gasteiger partial charge in [-0.3, -0.25) is 4.79 Å². The lowest BCUT2D eigenvalue weighted by Gasteiger charge is -2.39. The Balaban J connectivity index is 1.81. The molecule has 0 bridgehead atoms. The van der Waals surface area contributed by atoms with Gasteiger partial charge in [0, 0.05) is 19.6 Å². The summed E-state index contributed by atoms with van der Waals surface area (Å²) in [5, 5.41) is 7.99. The fourth-order valence-corrected chi connectivity index (χ4v) is 4.75. The molecule has 2 rings (SSSR count). The number of nitrogens with one attached hydrogen (secondary N) is 3. The minimum Gasteiger partial charge on any atom is -0.445 e. The number of benzene rings is 2. The van der Waals surface area contributed by atoms with Crippen LogP contribution in [-0.4, -0.2) is 58.2 Å². The Hall–Kier alpha value is -3.41. The summed E-state index contributed by atoms with van der Waals surface area (Å²) in [7, 11) is -2.23. The summed E-state index contributed by atoms with van der Waals surface area (Å²) in [5.41, 5.74) is 7.97. The second-order valence-electron chi connectivity index (χ2n) is 11.1. The normalized spacial score (nSPS) is 13.1. The van der Waals surface area contributed by atoms with Crippen LogP contribution in [0.25, 0.3) is 0 Å². The maximum atomic E-state index is 12.7. The monoisotopic (exact) mass is 572 g/mol. The van der Waals surface area contributed by atoms with Crippen LogP contribution < -0.4 is 21.7 Å². The lowest BCUT2D eigenvalue weighted by Crippen LogP contribution is -2.51. The van der Waals surface area contributed by atoms with Gasteiger partial charge in [-0.2, -0.15) is 0 Å². The molecule has 0 aromatic heterocycles. The van der Waals surface area contributed by atoms with Gasteiger partial charge in [-0.05, 0) is 35.7 Å². The Morgan fingerprint density at radius 3 is 1.77 bits per heavy atom. The van der Waals surface area contributed by atoms with Crippen molar-refractivity contribution in [3.8, 4) is 0 Å². The number of amides is 3. The van der Waals surface area contributed by atoms with Gasteiger partial charge in [0.25, 0.3) is 0 Å². The molecule has 0 aliphatic rings. The molecule has 0 saturated carbocycles. The molecule has 220 valence electrons. The highest BCUT2D eigenvalue weighted by Gasteiger charge is 2.39. The summed E-state index contributed by atoms with van der Waals surface area (Å²) in [4.78, 5) is 36.9. The van der Waals surface area contributed by atoms with E-state index in [0.717, 1.165) is 11.1 Å². The first kappa shape index (κ1) is 32.8. The van der Waals surface area contributed by atoms with Crippen molar-refractivity contribution in [3.63, 3.8) is 0 Å². The standard InChI is InChI=1S/C29H44N4O6Si/c1-29(2,3)40(4,5)39-24(19-33-28(36)38-21-23-14-10-7-11-15-23)18-25(30)26(34)31-16-17-32-27(35)37-20-22-12-8-6-9-13-22/h6-15,24-25H,16-21,30H2,1-5H3,(H,31,34)(H,32,35)(H,33,36)/t24-,25+/m1/s1. The lowest BCUT2D eigenvalue weighted by molar-refractivity contribution is -0.122. The van der Waals surface area contributed by atoms with Crippen LogP contribution in [0.5, 0.6) is 0 Å². The van der Waals surface area contributed by atoms with Gasteiger partial charge >= 0.3 is 12.2 Å². The average molecular weight is 573 g/mol. The van der Waals surface area contributed by atoms with Gasteiger partial charge in [0.2, 0.25) is 5.91 Å². The zero-order valence-corrected chi connectivity index (χ0v) is 25.2. The third kappa shape index (κ3) is 12.2. The molecule has 0 saturated heterocycles. The molecule has 0 radical (unpaired) electrons. The number of carbonyl (C=O) groups excluding carboxylic acids is 3. The van der Waals surface area contributed by atoms with E-state index in [1.54, 1.807) is 0 Å². The number of ether oxygens (including phenoxy) is 2.